The lowest BCUT2D eigenvalue weighted by atomic mass is 10.0. The third-order valence-electron chi connectivity index (χ3n) is 2.16. The van der Waals surface area contributed by atoms with Crippen molar-refractivity contribution in [2.24, 2.45) is 11.8 Å². The Kier molecular flexibility index (Phi) is 4.47. The summed E-state index contributed by atoms with van der Waals surface area (Å²) < 4.78 is 0. The summed E-state index contributed by atoms with van der Waals surface area (Å²) in [6.45, 7) is 8.33. The molecule has 0 radical (unpaired) electrons. The second-order valence-electron chi connectivity index (χ2n) is 4.95. The van der Waals surface area contributed by atoms with Crippen LogP contribution >= 0.6 is 11.3 Å². The average molecular weight is 240 g/mol. The van der Waals surface area contributed by atoms with E-state index in [2.05, 4.69) is 18.8 Å². The van der Waals surface area contributed by atoms with E-state index in [1.165, 1.54) is 11.3 Å². The highest BCUT2D eigenvalue weighted by atomic mass is 32.1. The molecule has 0 bridgehead atoms. The first-order chi connectivity index (χ1) is 7.40. The third kappa shape index (κ3) is 3.59. The van der Waals surface area contributed by atoms with Crippen LogP contribution in [0.25, 0.3) is 0 Å². The smallest absolute Gasteiger partial charge is 0.180 e. The topological polar surface area (TPSA) is 56.0 Å². The maximum atomic E-state index is 12.0. The summed E-state index contributed by atoms with van der Waals surface area (Å²) in [6.07, 6.45) is 1.40. The highest BCUT2D eigenvalue weighted by Gasteiger charge is 2.18. The molecule has 0 spiro atoms. The first-order valence-electron chi connectivity index (χ1n) is 5.68. The van der Waals surface area contributed by atoms with Crippen LogP contribution in [0, 0.1) is 11.8 Å². The van der Waals surface area contributed by atoms with E-state index in [0.29, 0.717) is 23.4 Å². The predicted octanol–water partition coefficient (Wildman–Crippen LogP) is 3.15. The van der Waals surface area contributed by atoms with Gasteiger partial charge in [0.15, 0.2) is 10.9 Å². The van der Waals surface area contributed by atoms with E-state index in [1.807, 2.05) is 13.8 Å². The second kappa shape index (κ2) is 5.43. The molecule has 0 unspecified atom stereocenters. The summed E-state index contributed by atoms with van der Waals surface area (Å²) in [5.74, 6) is 1.05. The molecule has 1 rings (SSSR count). The number of nitrogens with two attached hydrogens (primary N) is 1. The third-order valence-corrected chi connectivity index (χ3v) is 3.13. The van der Waals surface area contributed by atoms with Gasteiger partial charge in [-0.25, -0.2) is 4.98 Å². The Hall–Kier alpha value is -0.900. The minimum Gasteiger partial charge on any atom is -0.375 e. The van der Waals surface area contributed by atoms with Crippen LogP contribution < -0.4 is 5.73 Å². The van der Waals surface area contributed by atoms with Gasteiger partial charge in [0, 0.05) is 6.42 Å². The van der Waals surface area contributed by atoms with Gasteiger partial charge in [-0.3, -0.25) is 4.79 Å². The van der Waals surface area contributed by atoms with E-state index in [4.69, 9.17) is 5.73 Å². The summed E-state index contributed by atoms with van der Waals surface area (Å²) in [5, 5.41) is 0.503. The van der Waals surface area contributed by atoms with Crippen LogP contribution in [0.5, 0.6) is 0 Å². The number of hydrogen-bond donors (Lipinski definition) is 1. The maximum absolute atomic E-state index is 12.0. The van der Waals surface area contributed by atoms with Crippen LogP contribution in [0.4, 0.5) is 5.13 Å². The molecule has 0 aromatic carbocycles. The fourth-order valence-electron chi connectivity index (χ4n) is 1.58. The van der Waals surface area contributed by atoms with Crippen LogP contribution in [0.2, 0.25) is 0 Å². The Morgan fingerprint density at radius 1 is 1.31 bits per heavy atom. The van der Waals surface area contributed by atoms with Gasteiger partial charge in [-0.05, 0) is 18.3 Å². The second-order valence-corrected chi connectivity index (χ2v) is 5.98. The van der Waals surface area contributed by atoms with E-state index in [-0.39, 0.29) is 5.78 Å². The summed E-state index contributed by atoms with van der Waals surface area (Å²) in [7, 11) is 0. The Bertz CT molecular complexity index is 369. The van der Waals surface area contributed by atoms with E-state index < -0.39 is 0 Å². The van der Waals surface area contributed by atoms with Crippen molar-refractivity contribution in [1.29, 1.82) is 0 Å². The number of ketones is 1. The molecule has 0 aliphatic rings. The van der Waals surface area contributed by atoms with Gasteiger partial charge in [0.25, 0.3) is 0 Å². The zero-order valence-electron chi connectivity index (χ0n) is 10.4. The Morgan fingerprint density at radius 2 is 1.94 bits per heavy atom. The number of aromatic nitrogens is 1. The van der Waals surface area contributed by atoms with Crippen LogP contribution in [0.15, 0.2) is 0 Å². The van der Waals surface area contributed by atoms with Gasteiger partial charge in [-0.1, -0.05) is 39.0 Å². The van der Waals surface area contributed by atoms with Crippen molar-refractivity contribution in [2.45, 2.75) is 40.5 Å². The summed E-state index contributed by atoms with van der Waals surface area (Å²) in [6, 6.07) is 0. The number of rotatable bonds is 5. The van der Waals surface area contributed by atoms with Crippen molar-refractivity contribution in [3.8, 4) is 0 Å². The molecule has 3 nitrogen and oxygen atoms in total. The zero-order valence-corrected chi connectivity index (χ0v) is 11.2. The van der Waals surface area contributed by atoms with E-state index in [1.54, 1.807) is 0 Å². The molecular weight excluding hydrogens is 220 g/mol. The number of thiazole rings is 1. The van der Waals surface area contributed by atoms with Gasteiger partial charge in [-0.2, -0.15) is 0 Å². The standard InChI is InChI=1S/C12H20N2OS/c1-7(2)5-9-11(16-12(13)14-9)10(15)6-8(3)4/h7-8H,5-6H2,1-4H3,(H2,13,14). The molecule has 0 aliphatic carbocycles. The van der Waals surface area contributed by atoms with E-state index >= 15 is 0 Å². The number of hydrogen-bond acceptors (Lipinski definition) is 4. The first-order valence-corrected chi connectivity index (χ1v) is 6.50. The molecule has 4 heteroatoms. The first kappa shape index (κ1) is 13.2. The summed E-state index contributed by atoms with van der Waals surface area (Å²) in [4.78, 5) is 17.0. The number of Topliss-reactive ketones (excluding diaryl/α,β-unsaturated/α-hetero) is 1. The number of anilines is 1. The van der Waals surface area contributed by atoms with Crippen molar-refractivity contribution in [1.82, 2.24) is 4.98 Å². The predicted molar refractivity (Wildman–Crippen MR) is 68.9 cm³/mol. The van der Waals surface area contributed by atoms with Crippen molar-refractivity contribution in [3.05, 3.63) is 10.6 Å². The Labute approximate surface area is 101 Å². The monoisotopic (exact) mass is 240 g/mol. The number of carbonyl (C=O) groups excluding carboxylic acids is 1. The van der Waals surface area contributed by atoms with Crippen molar-refractivity contribution in [3.63, 3.8) is 0 Å². The summed E-state index contributed by atoms with van der Waals surface area (Å²) >= 11 is 1.32. The SMILES string of the molecule is CC(C)CC(=O)c1sc(N)nc1CC(C)C. The summed E-state index contributed by atoms with van der Waals surface area (Å²) in [5.41, 5.74) is 6.56. The lowest BCUT2D eigenvalue weighted by Crippen LogP contribution is -2.06. The van der Waals surface area contributed by atoms with Gasteiger partial charge in [-0.15, -0.1) is 0 Å². The fourth-order valence-corrected chi connectivity index (χ4v) is 2.39. The van der Waals surface area contributed by atoms with Gasteiger partial charge in [0.1, 0.15) is 0 Å². The normalized spacial score (nSPS) is 11.4. The minimum absolute atomic E-state index is 0.180. The van der Waals surface area contributed by atoms with E-state index in [9.17, 15) is 4.79 Å². The van der Waals surface area contributed by atoms with Gasteiger partial charge in [0.2, 0.25) is 0 Å². The van der Waals surface area contributed by atoms with Crippen molar-refractivity contribution >= 4 is 22.3 Å². The van der Waals surface area contributed by atoms with Crippen molar-refractivity contribution in [2.75, 3.05) is 5.73 Å². The minimum atomic E-state index is 0.180. The highest BCUT2D eigenvalue weighted by molar-refractivity contribution is 7.17. The molecule has 2 N–H and O–H groups in total. The molecular formula is C12H20N2OS. The van der Waals surface area contributed by atoms with Crippen LogP contribution in [-0.2, 0) is 6.42 Å². The van der Waals surface area contributed by atoms with E-state index in [0.717, 1.165) is 17.0 Å². The number of carbonyl (C=O) groups is 1. The molecule has 1 heterocycles. The van der Waals surface area contributed by atoms with Crippen LogP contribution in [0.3, 0.4) is 0 Å². The van der Waals surface area contributed by atoms with Crippen LogP contribution in [-0.4, -0.2) is 10.8 Å². The molecule has 0 saturated heterocycles. The van der Waals surface area contributed by atoms with Gasteiger partial charge >= 0.3 is 0 Å². The highest BCUT2D eigenvalue weighted by Crippen LogP contribution is 2.25. The molecule has 16 heavy (non-hydrogen) atoms. The quantitative estimate of drug-likeness (QED) is 0.804. The largest absolute Gasteiger partial charge is 0.375 e. The maximum Gasteiger partial charge on any atom is 0.180 e. The number of nitrogens with zero attached hydrogens (tertiary/aromatic N) is 1. The molecule has 0 saturated carbocycles. The molecule has 0 fully saturated rings. The lowest BCUT2D eigenvalue weighted by Gasteiger charge is -2.05. The Balaban J connectivity index is 2.89. The fraction of sp³-hybridized carbons (Fsp3) is 0.667. The van der Waals surface area contributed by atoms with Gasteiger partial charge in [0.05, 0.1) is 10.6 Å². The Morgan fingerprint density at radius 3 is 2.44 bits per heavy atom. The molecule has 0 amide bonds. The van der Waals surface area contributed by atoms with Crippen LogP contribution in [0.1, 0.15) is 49.5 Å². The van der Waals surface area contributed by atoms with Crippen molar-refractivity contribution < 1.29 is 4.79 Å². The molecule has 1 aromatic heterocycles. The van der Waals surface area contributed by atoms with Gasteiger partial charge < -0.3 is 5.73 Å². The lowest BCUT2D eigenvalue weighted by molar-refractivity contribution is 0.0970. The molecule has 0 atom stereocenters. The average Bonchev–Trinajstić information content (AvgIpc) is 2.44. The molecule has 1 aromatic rings. The molecule has 0 aliphatic heterocycles. The zero-order chi connectivity index (χ0) is 12.3. The molecule has 90 valence electrons. The number of nitrogen functional groups attached to an aromatic ring is 1.